The van der Waals surface area contributed by atoms with Gasteiger partial charge in [0.05, 0.1) is 54.1 Å². The highest BCUT2D eigenvalue weighted by Crippen LogP contribution is 2.31. The number of ether oxygens (including phenoxy) is 3. The van der Waals surface area contributed by atoms with E-state index < -0.39 is 6.10 Å². The van der Waals surface area contributed by atoms with Crippen LogP contribution in [-0.4, -0.2) is 99.4 Å². The molecule has 1 unspecified atom stereocenters. The van der Waals surface area contributed by atoms with E-state index in [0.29, 0.717) is 74.5 Å². The molecule has 0 bridgehead atoms. The summed E-state index contributed by atoms with van der Waals surface area (Å²) < 4.78 is 18.3. The number of carbonyl (C=O) groups is 3. The average Bonchev–Trinajstić information content (AvgIpc) is 1.75. The Hall–Kier alpha value is -10.8. The zero-order valence-corrected chi connectivity index (χ0v) is 53.5. The molecule has 0 aliphatic carbocycles. The zero-order valence-electron chi connectivity index (χ0n) is 53.5. The maximum atomic E-state index is 13.4. The number of amidine groups is 4. The number of carbonyl (C=O) groups excluding carboxylic acids is 3. The molecule has 20 nitrogen and oxygen atoms in total. The number of benzene rings is 5. The lowest BCUT2D eigenvalue weighted by atomic mass is 10.0. The number of hydrogen-bond acceptors (Lipinski definition) is 16. The van der Waals surface area contributed by atoms with Crippen molar-refractivity contribution in [3.63, 3.8) is 0 Å². The van der Waals surface area contributed by atoms with Crippen LogP contribution in [0.3, 0.4) is 0 Å². The molecule has 6 aromatic rings. The average molecular weight is 1210 g/mol. The van der Waals surface area contributed by atoms with Crippen LogP contribution >= 0.6 is 0 Å². The van der Waals surface area contributed by atoms with Crippen LogP contribution in [0.1, 0.15) is 105 Å². The van der Waals surface area contributed by atoms with E-state index in [4.69, 9.17) is 14.2 Å². The van der Waals surface area contributed by atoms with Crippen molar-refractivity contribution in [1.82, 2.24) is 15.1 Å². The molecule has 0 saturated carbocycles. The number of aliphatic imine (C=N–C) groups is 8. The van der Waals surface area contributed by atoms with E-state index in [9.17, 15) is 19.5 Å². The van der Waals surface area contributed by atoms with E-state index in [2.05, 4.69) is 87.3 Å². The van der Waals surface area contributed by atoms with E-state index in [1.54, 1.807) is 43.2 Å². The summed E-state index contributed by atoms with van der Waals surface area (Å²) >= 11 is 0. The third kappa shape index (κ3) is 16.8. The number of para-hydroxylation sites is 1. The van der Waals surface area contributed by atoms with Gasteiger partial charge in [0.1, 0.15) is 40.2 Å². The van der Waals surface area contributed by atoms with Gasteiger partial charge in [0, 0.05) is 52.9 Å². The summed E-state index contributed by atoms with van der Waals surface area (Å²) in [6, 6.07) is 33.1. The summed E-state index contributed by atoms with van der Waals surface area (Å²) in [5.41, 5.74) is 13.2. The van der Waals surface area contributed by atoms with Crippen molar-refractivity contribution in [2.75, 3.05) is 24.9 Å². The van der Waals surface area contributed by atoms with Crippen molar-refractivity contribution in [1.29, 1.82) is 0 Å². The van der Waals surface area contributed by atoms with Gasteiger partial charge in [-0.2, -0.15) is 5.10 Å². The number of nitrogens with zero attached hydrogens (tertiary/aromatic N) is 10. The van der Waals surface area contributed by atoms with Gasteiger partial charge in [-0.1, -0.05) is 90.8 Å². The molecule has 4 N–H and O–H groups in total. The number of allylic oxidation sites excluding steroid dienone is 3. The minimum atomic E-state index is -0.729. The SMILES string of the molecule is C=C1N=C(CC)N=C1C.C=C1N=C(c2ccc(OC)c(C)c2)N=C1NC(=O)C(C)C.C=C1N=C(c2ccccc2NC(=O)C(Oc2ccc(C)cc2C)C(C)C)N=C1c1cc(NC(C)=O)ccc1O.C=C1N=C(n2nc(C)cc2C)N=C1c1ccc(OC)cc1. The standard InChI is InChI=1S/C31H32N4O4.C16H16N4O.C16H19N3O2.C7H10N2/c1-17(2)29(39-27-14-11-18(3)15-19(27)4)31(38)34-25-10-8-7-9-23(25)30-32-20(5)28(35-30)24-16-22(33-21(6)36)12-13-26(24)37;1-10-9-11(2)20(19-10)16-17-12(3)15(18-16)13-5-7-14(21-4)8-6-13;1-9(2)16(20)19-14-11(4)17-15(18-14)12-6-7-13(21-5)10(3)8-12;1-4-7-8-5(2)6(3)9-7/h7-17,29,37H,5H2,1-4,6H3,(H,33,36)(H,34,38);5-9H,3H2,1-2,4H3;6-9H,4H2,1-3,5H3,(H,17,18,19,20);2,4H2,1,3H3. The van der Waals surface area contributed by atoms with Gasteiger partial charge < -0.3 is 35.3 Å². The number of nitrogens with one attached hydrogen (secondary N) is 3. The lowest BCUT2D eigenvalue weighted by Crippen LogP contribution is -2.37. The van der Waals surface area contributed by atoms with Crippen molar-refractivity contribution < 1.29 is 33.7 Å². The number of aromatic hydroxyl groups is 1. The molecule has 4 aliphatic heterocycles. The first kappa shape index (κ1) is 66.8. The van der Waals surface area contributed by atoms with E-state index in [1.807, 2.05) is 155 Å². The predicted molar refractivity (Wildman–Crippen MR) is 362 cm³/mol. The smallest absolute Gasteiger partial charge is 0.265 e. The van der Waals surface area contributed by atoms with Gasteiger partial charge >= 0.3 is 0 Å². The van der Waals surface area contributed by atoms with Gasteiger partial charge in [0.2, 0.25) is 11.8 Å². The molecule has 0 fully saturated rings. The Labute approximate surface area is 525 Å². The molecule has 90 heavy (non-hydrogen) atoms. The highest BCUT2D eigenvalue weighted by Gasteiger charge is 2.29. The molecular weight excluding hydrogens is 1130 g/mol. The lowest BCUT2D eigenvalue weighted by Gasteiger charge is -2.23. The molecule has 464 valence electrons. The fraction of sp³-hybridized carbons (Fsp3) is 0.257. The largest absolute Gasteiger partial charge is 0.507 e. The maximum Gasteiger partial charge on any atom is 0.265 e. The fourth-order valence-corrected chi connectivity index (χ4v) is 9.10. The van der Waals surface area contributed by atoms with Gasteiger partial charge in [0.25, 0.3) is 11.9 Å². The first-order chi connectivity index (χ1) is 42.8. The van der Waals surface area contributed by atoms with Crippen LogP contribution in [0, 0.1) is 46.5 Å². The topological polar surface area (TPSA) is 252 Å². The van der Waals surface area contributed by atoms with Crippen molar-refractivity contribution in [2.24, 2.45) is 51.8 Å². The van der Waals surface area contributed by atoms with Crippen molar-refractivity contribution in [3.05, 3.63) is 209 Å². The van der Waals surface area contributed by atoms with Crippen LogP contribution in [-0.2, 0) is 14.4 Å². The third-order valence-corrected chi connectivity index (χ3v) is 13.9. The summed E-state index contributed by atoms with van der Waals surface area (Å²) in [5.74, 6) is 4.18. The van der Waals surface area contributed by atoms with Crippen LogP contribution in [0.2, 0.25) is 0 Å². The molecule has 4 aliphatic rings. The molecule has 0 radical (unpaired) electrons. The Morgan fingerprint density at radius 2 is 1.27 bits per heavy atom. The number of anilines is 2. The van der Waals surface area contributed by atoms with Gasteiger partial charge in [-0.05, 0) is 144 Å². The van der Waals surface area contributed by atoms with E-state index >= 15 is 0 Å². The van der Waals surface area contributed by atoms with Gasteiger partial charge in [0.15, 0.2) is 23.6 Å². The van der Waals surface area contributed by atoms with E-state index in [0.717, 1.165) is 80.1 Å². The highest BCUT2D eigenvalue weighted by molar-refractivity contribution is 6.27. The fourth-order valence-electron chi connectivity index (χ4n) is 9.10. The molecule has 5 aromatic carbocycles. The molecule has 20 heteroatoms. The third-order valence-electron chi connectivity index (χ3n) is 13.9. The maximum absolute atomic E-state index is 13.4. The summed E-state index contributed by atoms with van der Waals surface area (Å²) in [7, 11) is 3.28. The van der Waals surface area contributed by atoms with E-state index in [1.165, 1.54) is 13.0 Å². The molecule has 1 atom stereocenters. The summed E-state index contributed by atoms with van der Waals surface area (Å²) in [6.45, 7) is 38.2. The Bertz CT molecular complexity index is 4100. The van der Waals surface area contributed by atoms with Crippen molar-refractivity contribution in [3.8, 4) is 23.0 Å². The number of hydrogen-bond donors (Lipinski definition) is 4. The Kier molecular flexibility index (Phi) is 22.1. The predicted octanol–water partition coefficient (Wildman–Crippen LogP) is 12.7. The monoisotopic (exact) mass is 1210 g/mol. The molecule has 3 amide bonds. The van der Waals surface area contributed by atoms with Crippen LogP contribution in [0.5, 0.6) is 23.0 Å². The van der Waals surface area contributed by atoms with Crippen LogP contribution in [0.15, 0.2) is 198 Å². The second-order valence-corrected chi connectivity index (χ2v) is 21.9. The molecule has 0 saturated heterocycles. The minimum absolute atomic E-state index is 0.0228. The number of amides is 3. The molecule has 1 aromatic heterocycles. The highest BCUT2D eigenvalue weighted by atomic mass is 16.5. The Balaban J connectivity index is 0.000000190. The first-order valence-corrected chi connectivity index (χ1v) is 29.1. The normalized spacial score (nSPS) is 14.2. The van der Waals surface area contributed by atoms with Gasteiger partial charge in [-0.15, -0.1) is 0 Å². The van der Waals surface area contributed by atoms with E-state index in [-0.39, 0.29) is 35.3 Å². The summed E-state index contributed by atoms with van der Waals surface area (Å²) in [4.78, 5) is 71.7. The van der Waals surface area contributed by atoms with Crippen LogP contribution in [0.4, 0.5) is 11.4 Å². The van der Waals surface area contributed by atoms with Crippen LogP contribution in [0.25, 0.3) is 0 Å². The number of rotatable bonds is 14. The number of aromatic nitrogens is 2. The molecule has 5 heterocycles. The number of phenolic OH excluding ortho intramolecular Hbond substituents is 1. The van der Waals surface area contributed by atoms with Gasteiger partial charge in [-0.3, -0.25) is 14.4 Å². The number of phenols is 1. The Morgan fingerprint density at radius 3 is 1.86 bits per heavy atom. The second-order valence-electron chi connectivity index (χ2n) is 21.9. The lowest BCUT2D eigenvalue weighted by molar-refractivity contribution is -0.124. The van der Waals surface area contributed by atoms with Gasteiger partial charge in [-0.25, -0.2) is 44.6 Å². The van der Waals surface area contributed by atoms with Crippen LogP contribution < -0.4 is 30.2 Å². The Morgan fingerprint density at radius 1 is 0.600 bits per heavy atom. The van der Waals surface area contributed by atoms with Crippen molar-refractivity contribution in [2.45, 2.75) is 95.6 Å². The number of methoxy groups -OCH3 is 2. The molecule has 0 spiro atoms. The summed E-state index contributed by atoms with van der Waals surface area (Å²) in [6.07, 6.45) is 0.170. The summed E-state index contributed by atoms with van der Waals surface area (Å²) in [5, 5.41) is 23.3. The zero-order chi connectivity index (χ0) is 65.7. The molecular formula is C70H77N13O7. The number of aryl methyl sites for hydroxylation is 5. The quantitative estimate of drug-likeness (QED) is 0.0761. The minimum Gasteiger partial charge on any atom is -0.507 e. The first-order valence-electron chi connectivity index (χ1n) is 29.1. The molecule has 10 rings (SSSR count). The van der Waals surface area contributed by atoms with Crippen molar-refractivity contribution >= 4 is 75.5 Å². The second kappa shape index (κ2) is 29.8.